The fraction of sp³-hybridized carbons (Fsp3) is 0.300. The summed E-state index contributed by atoms with van der Waals surface area (Å²) in [6, 6.07) is 2.64. The lowest BCUT2D eigenvalue weighted by Gasteiger charge is -2.12. The van der Waals surface area contributed by atoms with Crippen molar-refractivity contribution in [2.24, 2.45) is 0 Å². The lowest BCUT2D eigenvalue weighted by atomic mass is 10.1. The van der Waals surface area contributed by atoms with Crippen molar-refractivity contribution in [3.63, 3.8) is 0 Å². The molecule has 94 valence electrons. The molecule has 1 aromatic rings. The molecule has 1 aromatic carbocycles. The van der Waals surface area contributed by atoms with E-state index in [0.29, 0.717) is 6.54 Å². The van der Waals surface area contributed by atoms with Gasteiger partial charge >= 0.3 is 12.2 Å². The number of nitrogens with one attached hydrogen (secondary N) is 2. The van der Waals surface area contributed by atoms with Gasteiger partial charge in [0.2, 0.25) is 0 Å². The highest BCUT2D eigenvalue weighted by molar-refractivity contribution is 5.89. The van der Waals surface area contributed by atoms with E-state index in [2.05, 4.69) is 10.6 Å². The highest BCUT2D eigenvalue weighted by Gasteiger charge is 2.33. The molecular weight excluding hydrogens is 235 g/mol. The molecule has 0 saturated carbocycles. The molecule has 0 aliphatic rings. The summed E-state index contributed by atoms with van der Waals surface area (Å²) in [5, 5.41) is 4.68. The first-order valence-electron chi connectivity index (χ1n) is 4.86. The number of nitrogen functional groups attached to an aromatic ring is 1. The number of urea groups is 1. The van der Waals surface area contributed by atoms with Crippen LogP contribution in [0.3, 0.4) is 0 Å². The van der Waals surface area contributed by atoms with Gasteiger partial charge in [-0.05, 0) is 25.1 Å². The second kappa shape index (κ2) is 4.94. The molecule has 4 N–H and O–H groups in total. The Bertz CT molecular complexity index is 418. The lowest BCUT2D eigenvalue weighted by Crippen LogP contribution is -2.28. The molecule has 0 aromatic heterocycles. The monoisotopic (exact) mass is 247 g/mol. The van der Waals surface area contributed by atoms with E-state index in [1.165, 1.54) is 6.07 Å². The number of hydrogen-bond acceptors (Lipinski definition) is 2. The average Bonchev–Trinajstić information content (AvgIpc) is 2.19. The predicted octanol–water partition coefficient (Wildman–Crippen LogP) is 2.43. The maximum absolute atomic E-state index is 12.5. The van der Waals surface area contributed by atoms with Crippen molar-refractivity contribution in [1.82, 2.24) is 5.32 Å². The van der Waals surface area contributed by atoms with E-state index in [4.69, 9.17) is 5.73 Å². The van der Waals surface area contributed by atoms with Gasteiger partial charge in [0, 0.05) is 17.9 Å². The number of anilines is 2. The fourth-order valence-electron chi connectivity index (χ4n) is 1.22. The van der Waals surface area contributed by atoms with Crippen LogP contribution >= 0.6 is 0 Å². The zero-order valence-corrected chi connectivity index (χ0v) is 9.06. The Morgan fingerprint density at radius 3 is 2.59 bits per heavy atom. The van der Waals surface area contributed by atoms with Gasteiger partial charge in [0.25, 0.3) is 0 Å². The molecule has 1 rings (SSSR count). The molecule has 0 aliphatic heterocycles. The van der Waals surface area contributed by atoms with E-state index in [0.717, 1.165) is 12.1 Å². The standard InChI is InChI=1S/C10H12F3N3O/c1-2-15-9(17)16-6-3-4-8(14)7(5-6)10(11,12)13/h3-5H,2,14H2,1H3,(H2,15,16,17). The molecule has 0 unspecified atom stereocenters. The second-order valence-corrected chi connectivity index (χ2v) is 3.28. The van der Waals surface area contributed by atoms with Crippen LogP contribution in [-0.4, -0.2) is 12.6 Å². The largest absolute Gasteiger partial charge is 0.418 e. The van der Waals surface area contributed by atoms with Crippen molar-refractivity contribution in [3.8, 4) is 0 Å². The van der Waals surface area contributed by atoms with Crippen LogP contribution in [0, 0.1) is 0 Å². The Balaban J connectivity index is 2.93. The zero-order chi connectivity index (χ0) is 13.1. The van der Waals surface area contributed by atoms with Gasteiger partial charge in [-0.3, -0.25) is 0 Å². The Morgan fingerprint density at radius 1 is 1.41 bits per heavy atom. The summed E-state index contributed by atoms with van der Waals surface area (Å²) in [5.74, 6) is 0. The summed E-state index contributed by atoms with van der Waals surface area (Å²) >= 11 is 0. The highest BCUT2D eigenvalue weighted by atomic mass is 19.4. The average molecular weight is 247 g/mol. The first-order valence-corrected chi connectivity index (χ1v) is 4.86. The molecule has 0 aliphatic carbocycles. The molecule has 2 amide bonds. The molecule has 0 fully saturated rings. The van der Waals surface area contributed by atoms with Crippen LogP contribution in [0.5, 0.6) is 0 Å². The van der Waals surface area contributed by atoms with Gasteiger partial charge in [-0.2, -0.15) is 13.2 Å². The number of hydrogen-bond donors (Lipinski definition) is 3. The highest BCUT2D eigenvalue weighted by Crippen LogP contribution is 2.35. The summed E-state index contributed by atoms with van der Waals surface area (Å²) in [6.07, 6.45) is -4.54. The second-order valence-electron chi connectivity index (χ2n) is 3.28. The van der Waals surface area contributed by atoms with Crippen LogP contribution < -0.4 is 16.4 Å². The Labute approximate surface area is 96.0 Å². The summed E-state index contributed by atoms with van der Waals surface area (Å²) < 4.78 is 37.5. The van der Waals surface area contributed by atoms with Gasteiger partial charge in [0.15, 0.2) is 0 Å². The summed E-state index contributed by atoms with van der Waals surface area (Å²) in [6.45, 7) is 2.08. The van der Waals surface area contributed by atoms with Gasteiger partial charge in [-0.25, -0.2) is 4.79 Å². The topological polar surface area (TPSA) is 67.2 Å². The molecule has 0 atom stereocenters. The van der Waals surface area contributed by atoms with Crippen molar-refractivity contribution in [2.45, 2.75) is 13.1 Å². The third-order valence-corrected chi connectivity index (χ3v) is 1.95. The van der Waals surface area contributed by atoms with Crippen LogP contribution in [-0.2, 0) is 6.18 Å². The van der Waals surface area contributed by atoms with Gasteiger partial charge in [0.05, 0.1) is 5.56 Å². The number of nitrogens with two attached hydrogens (primary N) is 1. The van der Waals surface area contributed by atoms with E-state index in [1.807, 2.05) is 0 Å². The number of alkyl halides is 3. The quantitative estimate of drug-likeness (QED) is 0.702. The molecule has 0 saturated heterocycles. The zero-order valence-electron chi connectivity index (χ0n) is 9.06. The molecule has 0 spiro atoms. The van der Waals surface area contributed by atoms with Crippen LogP contribution in [0.25, 0.3) is 0 Å². The smallest absolute Gasteiger partial charge is 0.398 e. The minimum atomic E-state index is -4.54. The Morgan fingerprint density at radius 2 is 2.06 bits per heavy atom. The van der Waals surface area contributed by atoms with Crippen LogP contribution in [0.4, 0.5) is 29.3 Å². The van der Waals surface area contributed by atoms with Gasteiger partial charge in [-0.1, -0.05) is 0 Å². The third kappa shape index (κ3) is 3.54. The lowest BCUT2D eigenvalue weighted by molar-refractivity contribution is -0.136. The molecule has 17 heavy (non-hydrogen) atoms. The van der Waals surface area contributed by atoms with Gasteiger partial charge < -0.3 is 16.4 Å². The molecular formula is C10H12F3N3O. The molecule has 0 heterocycles. The van der Waals surface area contributed by atoms with Crippen LogP contribution in [0.15, 0.2) is 18.2 Å². The van der Waals surface area contributed by atoms with Crippen molar-refractivity contribution in [1.29, 1.82) is 0 Å². The van der Waals surface area contributed by atoms with Crippen molar-refractivity contribution < 1.29 is 18.0 Å². The number of rotatable bonds is 2. The molecule has 4 nitrogen and oxygen atoms in total. The van der Waals surface area contributed by atoms with E-state index in [9.17, 15) is 18.0 Å². The van der Waals surface area contributed by atoms with Gasteiger partial charge in [-0.15, -0.1) is 0 Å². The first kappa shape index (κ1) is 13.1. The van der Waals surface area contributed by atoms with Crippen molar-refractivity contribution in [2.75, 3.05) is 17.6 Å². The van der Waals surface area contributed by atoms with E-state index < -0.39 is 17.8 Å². The normalized spacial score (nSPS) is 11.1. The Hall–Kier alpha value is -1.92. The minimum absolute atomic E-state index is 0.0393. The molecule has 0 radical (unpaired) electrons. The van der Waals surface area contributed by atoms with Crippen molar-refractivity contribution >= 4 is 17.4 Å². The Kier molecular flexibility index (Phi) is 3.82. The number of benzene rings is 1. The summed E-state index contributed by atoms with van der Waals surface area (Å²) in [7, 11) is 0. The van der Waals surface area contributed by atoms with Crippen LogP contribution in [0.1, 0.15) is 12.5 Å². The molecule has 7 heteroatoms. The maximum atomic E-state index is 12.5. The minimum Gasteiger partial charge on any atom is -0.398 e. The van der Waals surface area contributed by atoms with E-state index in [-0.39, 0.29) is 11.4 Å². The summed E-state index contributed by atoms with van der Waals surface area (Å²) in [5.41, 5.74) is 3.91. The number of amides is 2. The molecule has 0 bridgehead atoms. The SMILES string of the molecule is CCNC(=O)Nc1ccc(N)c(C(F)(F)F)c1. The van der Waals surface area contributed by atoms with Crippen molar-refractivity contribution in [3.05, 3.63) is 23.8 Å². The van der Waals surface area contributed by atoms with Crippen LogP contribution in [0.2, 0.25) is 0 Å². The van der Waals surface area contributed by atoms with E-state index in [1.54, 1.807) is 6.92 Å². The number of carbonyl (C=O) groups is 1. The third-order valence-electron chi connectivity index (χ3n) is 1.95. The fourth-order valence-corrected chi connectivity index (χ4v) is 1.22. The maximum Gasteiger partial charge on any atom is 0.418 e. The predicted molar refractivity (Wildman–Crippen MR) is 58.6 cm³/mol. The number of carbonyl (C=O) groups excluding carboxylic acids is 1. The van der Waals surface area contributed by atoms with E-state index >= 15 is 0 Å². The number of halogens is 3. The first-order chi connectivity index (χ1) is 7.84. The van der Waals surface area contributed by atoms with Gasteiger partial charge in [0.1, 0.15) is 0 Å². The summed E-state index contributed by atoms with van der Waals surface area (Å²) in [4.78, 5) is 11.1.